The molecule has 0 bridgehead atoms. The predicted molar refractivity (Wildman–Crippen MR) is 73.2 cm³/mol. The van der Waals surface area contributed by atoms with E-state index in [9.17, 15) is 4.39 Å². The highest BCUT2D eigenvalue weighted by Gasteiger charge is 2.13. The molecule has 1 fully saturated rings. The van der Waals surface area contributed by atoms with Gasteiger partial charge in [0.05, 0.1) is 0 Å². The topological polar surface area (TPSA) is 12.0 Å². The van der Waals surface area contributed by atoms with E-state index in [0.29, 0.717) is 22.4 Å². The molecule has 1 aliphatic rings. The minimum Gasteiger partial charge on any atom is -0.311 e. The van der Waals surface area contributed by atoms with Crippen LogP contribution in [-0.2, 0) is 6.54 Å². The number of rotatable bonds is 4. The Bertz CT molecular complexity index is 366. The number of hydrogen-bond acceptors (Lipinski definition) is 2. The maximum Gasteiger partial charge on any atom is 0.127 e. The van der Waals surface area contributed by atoms with Crippen molar-refractivity contribution in [2.24, 2.45) is 0 Å². The third-order valence-electron chi connectivity index (χ3n) is 2.97. The highest BCUT2D eigenvalue weighted by atomic mass is 35.5. The molecule has 0 saturated carbocycles. The van der Waals surface area contributed by atoms with Crippen LogP contribution in [0.3, 0.4) is 0 Å². The van der Waals surface area contributed by atoms with Gasteiger partial charge < -0.3 is 5.32 Å². The molecule has 0 aromatic heterocycles. The van der Waals surface area contributed by atoms with Crippen LogP contribution in [0.15, 0.2) is 18.2 Å². The quantitative estimate of drug-likeness (QED) is 0.894. The van der Waals surface area contributed by atoms with E-state index in [0.717, 1.165) is 6.54 Å². The van der Waals surface area contributed by atoms with Gasteiger partial charge in [0, 0.05) is 28.9 Å². The minimum absolute atomic E-state index is 0.182. The summed E-state index contributed by atoms with van der Waals surface area (Å²) in [4.78, 5) is 0. The second kappa shape index (κ2) is 6.62. The van der Waals surface area contributed by atoms with Crippen molar-refractivity contribution in [2.75, 3.05) is 12.3 Å². The first-order chi connectivity index (χ1) is 8.25. The van der Waals surface area contributed by atoms with Gasteiger partial charge in [-0.2, -0.15) is 11.8 Å². The first-order valence-electron chi connectivity index (χ1n) is 6.02. The fraction of sp³-hybridized carbons (Fsp3) is 0.538. The molecule has 0 radical (unpaired) electrons. The molecule has 1 nitrogen and oxygen atoms in total. The molecular weight excluding hydrogens is 257 g/mol. The summed E-state index contributed by atoms with van der Waals surface area (Å²) < 4.78 is 13.4. The first kappa shape index (κ1) is 13.2. The normalized spacial score (nSPS) is 20.5. The fourth-order valence-electron chi connectivity index (χ4n) is 2.01. The minimum atomic E-state index is -0.182. The molecule has 0 spiro atoms. The van der Waals surface area contributed by atoms with Gasteiger partial charge in [0.1, 0.15) is 5.82 Å². The van der Waals surface area contributed by atoms with E-state index < -0.39 is 0 Å². The maximum atomic E-state index is 13.4. The number of benzene rings is 1. The van der Waals surface area contributed by atoms with E-state index in [4.69, 9.17) is 11.6 Å². The number of nitrogens with one attached hydrogen (secondary N) is 1. The number of hydrogen-bond donors (Lipinski definition) is 1. The van der Waals surface area contributed by atoms with Crippen molar-refractivity contribution in [1.82, 2.24) is 5.32 Å². The smallest absolute Gasteiger partial charge is 0.127 e. The Hall–Kier alpha value is -0.250. The zero-order chi connectivity index (χ0) is 12.1. The Kier molecular flexibility index (Phi) is 5.14. The van der Waals surface area contributed by atoms with Crippen LogP contribution in [-0.4, -0.2) is 17.5 Å². The standard InChI is InChI=1S/C13H17ClFNS/c14-11-4-5-13(15)10(7-11)8-16-9-12-3-1-2-6-17-12/h4-5,7,12,16H,1-3,6,8-9H2. The fourth-order valence-corrected chi connectivity index (χ4v) is 3.48. The lowest BCUT2D eigenvalue weighted by molar-refractivity contribution is 0.568. The second-order valence-electron chi connectivity index (χ2n) is 4.36. The first-order valence-corrected chi connectivity index (χ1v) is 7.44. The van der Waals surface area contributed by atoms with Crippen molar-refractivity contribution in [3.8, 4) is 0 Å². The van der Waals surface area contributed by atoms with E-state index in [1.54, 1.807) is 12.1 Å². The predicted octanol–water partition coefficient (Wildman–Crippen LogP) is 3.85. The van der Waals surface area contributed by atoms with E-state index in [1.807, 2.05) is 11.8 Å². The Morgan fingerprint density at radius 1 is 1.41 bits per heavy atom. The molecule has 1 N–H and O–H groups in total. The van der Waals surface area contributed by atoms with Gasteiger partial charge in [0.25, 0.3) is 0 Å². The summed E-state index contributed by atoms with van der Waals surface area (Å²) >= 11 is 7.87. The van der Waals surface area contributed by atoms with Gasteiger partial charge in [-0.1, -0.05) is 18.0 Å². The molecule has 2 rings (SSSR count). The van der Waals surface area contributed by atoms with Crippen molar-refractivity contribution in [3.05, 3.63) is 34.6 Å². The van der Waals surface area contributed by atoms with Gasteiger partial charge in [-0.15, -0.1) is 0 Å². The van der Waals surface area contributed by atoms with Crippen LogP contribution in [0.4, 0.5) is 4.39 Å². The molecule has 17 heavy (non-hydrogen) atoms. The van der Waals surface area contributed by atoms with Crippen molar-refractivity contribution >= 4 is 23.4 Å². The van der Waals surface area contributed by atoms with Crippen LogP contribution >= 0.6 is 23.4 Å². The summed E-state index contributed by atoms with van der Waals surface area (Å²) in [6, 6.07) is 4.70. The maximum absolute atomic E-state index is 13.4. The lowest BCUT2D eigenvalue weighted by atomic mass is 10.1. The van der Waals surface area contributed by atoms with Crippen molar-refractivity contribution in [3.63, 3.8) is 0 Å². The third-order valence-corrected chi connectivity index (χ3v) is 4.60. The Balaban J connectivity index is 1.79. The van der Waals surface area contributed by atoms with Gasteiger partial charge in [0.15, 0.2) is 0 Å². The van der Waals surface area contributed by atoms with Crippen LogP contribution in [0.25, 0.3) is 0 Å². The summed E-state index contributed by atoms with van der Waals surface area (Å²) in [5.41, 5.74) is 0.651. The SMILES string of the molecule is Fc1ccc(Cl)cc1CNCC1CCCCS1. The zero-order valence-electron chi connectivity index (χ0n) is 9.72. The molecule has 1 aromatic rings. The molecule has 1 aromatic carbocycles. The molecule has 94 valence electrons. The highest BCUT2D eigenvalue weighted by Crippen LogP contribution is 2.24. The van der Waals surface area contributed by atoms with E-state index in [1.165, 1.54) is 31.1 Å². The van der Waals surface area contributed by atoms with Gasteiger partial charge in [-0.3, -0.25) is 0 Å². The van der Waals surface area contributed by atoms with Crippen LogP contribution in [0.5, 0.6) is 0 Å². The van der Waals surface area contributed by atoms with Crippen LogP contribution < -0.4 is 5.32 Å². The van der Waals surface area contributed by atoms with Crippen molar-refractivity contribution in [1.29, 1.82) is 0 Å². The second-order valence-corrected chi connectivity index (χ2v) is 6.20. The molecule has 1 aliphatic heterocycles. The molecule has 1 heterocycles. The number of thioether (sulfide) groups is 1. The largest absolute Gasteiger partial charge is 0.311 e. The molecule has 1 atom stereocenters. The summed E-state index contributed by atoms with van der Waals surface area (Å²) in [6.07, 6.45) is 3.94. The summed E-state index contributed by atoms with van der Waals surface area (Å²) in [7, 11) is 0. The average molecular weight is 274 g/mol. The van der Waals surface area contributed by atoms with E-state index in [2.05, 4.69) is 5.32 Å². The Labute approximate surface area is 111 Å². The summed E-state index contributed by atoms with van der Waals surface area (Å²) in [5.74, 6) is 1.08. The van der Waals surface area contributed by atoms with E-state index in [-0.39, 0.29) is 5.82 Å². The van der Waals surface area contributed by atoms with Crippen LogP contribution in [0, 0.1) is 5.82 Å². The summed E-state index contributed by atoms with van der Waals surface area (Å²) in [6.45, 7) is 1.51. The van der Waals surface area contributed by atoms with Crippen LogP contribution in [0.1, 0.15) is 24.8 Å². The average Bonchev–Trinajstić information content (AvgIpc) is 2.35. The Morgan fingerprint density at radius 3 is 3.06 bits per heavy atom. The van der Waals surface area contributed by atoms with Gasteiger partial charge in [0.2, 0.25) is 0 Å². The van der Waals surface area contributed by atoms with Crippen molar-refractivity contribution in [2.45, 2.75) is 31.1 Å². The molecule has 4 heteroatoms. The number of halogens is 2. The summed E-state index contributed by atoms with van der Waals surface area (Å²) in [5, 5.41) is 4.60. The third kappa shape index (κ3) is 4.16. The van der Waals surface area contributed by atoms with E-state index >= 15 is 0 Å². The van der Waals surface area contributed by atoms with Crippen LogP contribution in [0.2, 0.25) is 5.02 Å². The van der Waals surface area contributed by atoms with Gasteiger partial charge >= 0.3 is 0 Å². The lowest BCUT2D eigenvalue weighted by Crippen LogP contribution is -2.26. The Morgan fingerprint density at radius 2 is 2.29 bits per heavy atom. The lowest BCUT2D eigenvalue weighted by Gasteiger charge is -2.21. The molecule has 0 aliphatic carbocycles. The highest BCUT2D eigenvalue weighted by molar-refractivity contribution is 7.99. The van der Waals surface area contributed by atoms with Gasteiger partial charge in [-0.25, -0.2) is 4.39 Å². The van der Waals surface area contributed by atoms with Gasteiger partial charge in [-0.05, 0) is 36.8 Å². The molecule has 1 saturated heterocycles. The van der Waals surface area contributed by atoms with Crippen molar-refractivity contribution < 1.29 is 4.39 Å². The monoisotopic (exact) mass is 273 g/mol. The molecule has 0 amide bonds. The molecular formula is C13H17ClFNS. The zero-order valence-corrected chi connectivity index (χ0v) is 11.3. The molecule has 1 unspecified atom stereocenters.